The normalized spacial score (nSPS) is 14.4. The monoisotopic (exact) mass is 735 g/mol. The molecular formula is C54H41NS. The molecule has 268 valence electrons. The molecule has 1 nitrogen and oxygen atoms in total. The Morgan fingerprint density at radius 3 is 1.39 bits per heavy atom. The van der Waals surface area contributed by atoms with E-state index >= 15 is 0 Å². The van der Waals surface area contributed by atoms with Gasteiger partial charge in [0, 0.05) is 48.1 Å². The fourth-order valence-electron chi connectivity index (χ4n) is 9.65. The molecule has 11 rings (SSSR count). The largest absolute Gasteiger partial charge is 0.310 e. The van der Waals surface area contributed by atoms with Gasteiger partial charge in [-0.3, -0.25) is 0 Å². The van der Waals surface area contributed by atoms with E-state index in [1.165, 1.54) is 98.3 Å². The van der Waals surface area contributed by atoms with Crippen molar-refractivity contribution < 1.29 is 0 Å². The lowest BCUT2D eigenvalue weighted by molar-refractivity contribution is 0.660. The molecule has 0 saturated heterocycles. The van der Waals surface area contributed by atoms with Crippen LogP contribution in [0.4, 0.5) is 17.1 Å². The van der Waals surface area contributed by atoms with Crippen LogP contribution in [0.2, 0.25) is 0 Å². The SMILES string of the molecule is CC1(C)c2cc(-c3ccccc3)ccc2-c2ccc(N(c3ccccc3)c3ccc4c(c3)C(C)(C)c3cc(-c5ccc6sc7ccccc7c6c5)ccc3-4)cc21. The summed E-state index contributed by atoms with van der Waals surface area (Å²) in [4.78, 5) is 2.44. The van der Waals surface area contributed by atoms with Gasteiger partial charge in [-0.25, -0.2) is 0 Å². The minimum Gasteiger partial charge on any atom is -0.310 e. The average molecular weight is 736 g/mol. The van der Waals surface area contributed by atoms with Crippen LogP contribution in [0.5, 0.6) is 0 Å². The Hall–Kier alpha value is -6.22. The highest BCUT2D eigenvalue weighted by atomic mass is 32.1. The Balaban J connectivity index is 0.987. The summed E-state index contributed by atoms with van der Waals surface area (Å²) in [6.07, 6.45) is 0. The lowest BCUT2D eigenvalue weighted by Crippen LogP contribution is -2.18. The first-order valence-electron chi connectivity index (χ1n) is 19.7. The van der Waals surface area contributed by atoms with Gasteiger partial charge in [0.05, 0.1) is 0 Å². The van der Waals surface area contributed by atoms with E-state index < -0.39 is 0 Å². The Kier molecular flexibility index (Phi) is 7.18. The lowest BCUT2D eigenvalue weighted by atomic mass is 9.81. The van der Waals surface area contributed by atoms with Gasteiger partial charge in [0.25, 0.3) is 0 Å². The van der Waals surface area contributed by atoms with E-state index in [-0.39, 0.29) is 10.8 Å². The van der Waals surface area contributed by atoms with Gasteiger partial charge in [0.1, 0.15) is 0 Å². The Morgan fingerprint density at radius 1 is 0.339 bits per heavy atom. The zero-order valence-corrected chi connectivity index (χ0v) is 32.9. The molecule has 2 heteroatoms. The van der Waals surface area contributed by atoms with Gasteiger partial charge in [-0.1, -0.05) is 137 Å². The summed E-state index contributed by atoms with van der Waals surface area (Å²) in [5.41, 5.74) is 19.1. The minimum atomic E-state index is -0.170. The molecule has 8 aromatic carbocycles. The third kappa shape index (κ3) is 4.92. The van der Waals surface area contributed by atoms with Crippen molar-refractivity contribution in [3.05, 3.63) is 198 Å². The van der Waals surface area contributed by atoms with Crippen molar-refractivity contribution in [2.75, 3.05) is 4.90 Å². The van der Waals surface area contributed by atoms with E-state index in [0.29, 0.717) is 0 Å². The molecule has 0 unspecified atom stereocenters. The molecule has 0 saturated carbocycles. The van der Waals surface area contributed by atoms with Gasteiger partial charge in [0.15, 0.2) is 0 Å². The number of rotatable bonds is 5. The van der Waals surface area contributed by atoms with Gasteiger partial charge in [-0.05, 0) is 133 Å². The van der Waals surface area contributed by atoms with Crippen molar-refractivity contribution in [3.63, 3.8) is 0 Å². The number of benzene rings is 8. The third-order valence-corrected chi connectivity index (χ3v) is 13.8. The predicted octanol–water partition coefficient (Wildman–Crippen LogP) is 15.5. The Bertz CT molecular complexity index is 3020. The molecule has 1 aromatic heterocycles. The fraction of sp³-hybridized carbons (Fsp3) is 0.111. The number of para-hydroxylation sites is 1. The van der Waals surface area contributed by atoms with E-state index in [4.69, 9.17) is 0 Å². The van der Waals surface area contributed by atoms with Gasteiger partial charge in [-0.15, -0.1) is 11.3 Å². The van der Waals surface area contributed by atoms with Crippen LogP contribution in [-0.2, 0) is 10.8 Å². The number of anilines is 3. The smallest absolute Gasteiger partial charge is 0.0465 e. The summed E-state index contributed by atoms with van der Waals surface area (Å²) < 4.78 is 2.68. The molecular weight excluding hydrogens is 695 g/mol. The fourth-order valence-corrected chi connectivity index (χ4v) is 10.7. The van der Waals surface area contributed by atoms with Gasteiger partial charge in [0.2, 0.25) is 0 Å². The number of fused-ring (bicyclic) bond motifs is 9. The summed E-state index contributed by atoms with van der Waals surface area (Å²) in [6, 6.07) is 65.7. The van der Waals surface area contributed by atoms with E-state index in [2.05, 4.69) is 209 Å². The second-order valence-electron chi connectivity index (χ2n) is 16.6. The first-order valence-corrected chi connectivity index (χ1v) is 20.5. The van der Waals surface area contributed by atoms with Crippen LogP contribution in [0.25, 0.3) is 64.7 Å². The summed E-state index contributed by atoms with van der Waals surface area (Å²) in [5.74, 6) is 0. The van der Waals surface area contributed by atoms with Crippen LogP contribution in [0.3, 0.4) is 0 Å². The molecule has 2 aliphatic rings. The highest BCUT2D eigenvalue weighted by Gasteiger charge is 2.38. The first-order chi connectivity index (χ1) is 27.3. The van der Waals surface area contributed by atoms with E-state index in [1.807, 2.05) is 11.3 Å². The summed E-state index contributed by atoms with van der Waals surface area (Å²) in [7, 11) is 0. The molecule has 0 atom stereocenters. The molecule has 0 fully saturated rings. The summed E-state index contributed by atoms with van der Waals surface area (Å²) in [5, 5.41) is 2.68. The second-order valence-corrected chi connectivity index (χ2v) is 17.7. The molecule has 0 radical (unpaired) electrons. The lowest BCUT2D eigenvalue weighted by Gasteiger charge is -2.29. The molecule has 0 N–H and O–H groups in total. The van der Waals surface area contributed by atoms with E-state index in [0.717, 1.165) is 5.69 Å². The number of hydrogen-bond acceptors (Lipinski definition) is 2. The average Bonchev–Trinajstić information content (AvgIpc) is 3.80. The Morgan fingerprint density at radius 2 is 0.786 bits per heavy atom. The third-order valence-electron chi connectivity index (χ3n) is 12.7. The van der Waals surface area contributed by atoms with E-state index in [1.54, 1.807) is 0 Å². The van der Waals surface area contributed by atoms with Crippen LogP contribution in [0.1, 0.15) is 49.9 Å². The van der Waals surface area contributed by atoms with Gasteiger partial charge < -0.3 is 4.90 Å². The summed E-state index contributed by atoms with van der Waals surface area (Å²) >= 11 is 1.88. The van der Waals surface area contributed by atoms with Crippen molar-refractivity contribution in [2.24, 2.45) is 0 Å². The van der Waals surface area contributed by atoms with Crippen LogP contribution < -0.4 is 4.90 Å². The molecule has 2 aliphatic carbocycles. The van der Waals surface area contributed by atoms with Crippen LogP contribution >= 0.6 is 11.3 Å². The molecule has 9 aromatic rings. The first kappa shape index (κ1) is 33.1. The van der Waals surface area contributed by atoms with Crippen molar-refractivity contribution in [1.82, 2.24) is 0 Å². The maximum Gasteiger partial charge on any atom is 0.0465 e. The summed E-state index contributed by atoms with van der Waals surface area (Å²) in [6.45, 7) is 9.55. The van der Waals surface area contributed by atoms with Crippen molar-refractivity contribution in [1.29, 1.82) is 0 Å². The zero-order chi connectivity index (χ0) is 37.8. The van der Waals surface area contributed by atoms with Gasteiger partial charge in [-0.2, -0.15) is 0 Å². The number of hydrogen-bond donors (Lipinski definition) is 0. The van der Waals surface area contributed by atoms with Crippen LogP contribution in [-0.4, -0.2) is 0 Å². The topological polar surface area (TPSA) is 3.24 Å². The zero-order valence-electron chi connectivity index (χ0n) is 32.1. The van der Waals surface area contributed by atoms with Gasteiger partial charge >= 0.3 is 0 Å². The maximum atomic E-state index is 2.45. The maximum absolute atomic E-state index is 2.45. The molecule has 56 heavy (non-hydrogen) atoms. The quantitative estimate of drug-likeness (QED) is 0.170. The number of nitrogens with zero attached hydrogens (tertiary/aromatic N) is 1. The highest BCUT2D eigenvalue weighted by molar-refractivity contribution is 7.25. The highest BCUT2D eigenvalue weighted by Crippen LogP contribution is 2.54. The standard InChI is InChI=1S/C54H41NS/c1-53(2)47-30-36(34-13-7-5-8-14-34)19-24-41(47)43-26-22-39(32-49(43)53)55(38-15-9-6-10-16-38)40-23-27-44-42-25-20-37(31-48(42)54(3,4)50(44)33-40)35-21-28-52-46(29-35)45-17-11-12-18-51(45)56-52/h5-33H,1-4H3. The van der Waals surface area contributed by atoms with Crippen molar-refractivity contribution >= 4 is 48.6 Å². The van der Waals surface area contributed by atoms with Crippen LogP contribution in [0, 0.1) is 0 Å². The van der Waals surface area contributed by atoms with Crippen LogP contribution in [0.15, 0.2) is 176 Å². The molecule has 0 spiro atoms. The van der Waals surface area contributed by atoms with Crippen molar-refractivity contribution in [2.45, 2.75) is 38.5 Å². The minimum absolute atomic E-state index is 0.145. The Labute approximate surface area is 333 Å². The van der Waals surface area contributed by atoms with E-state index in [9.17, 15) is 0 Å². The second kappa shape index (κ2) is 12.1. The number of thiophene rings is 1. The molecule has 0 aliphatic heterocycles. The molecule has 1 heterocycles. The molecule has 0 amide bonds. The predicted molar refractivity (Wildman–Crippen MR) is 240 cm³/mol. The van der Waals surface area contributed by atoms with Crippen molar-refractivity contribution in [3.8, 4) is 44.5 Å². The molecule has 0 bridgehead atoms.